The SMILES string of the molecule is Cc1ccc(NC(=O)N2CCCC2C2CCCCC2)c(Br)c1. The molecular weight excluding hydrogens is 340 g/mol. The van der Waals surface area contributed by atoms with Gasteiger partial charge in [0.25, 0.3) is 0 Å². The molecule has 1 aliphatic heterocycles. The Labute approximate surface area is 141 Å². The second-order valence-electron chi connectivity index (χ2n) is 6.71. The molecule has 1 saturated carbocycles. The first kappa shape index (κ1) is 15.9. The van der Waals surface area contributed by atoms with Crippen LogP contribution in [0.1, 0.15) is 50.5 Å². The third kappa shape index (κ3) is 3.48. The number of anilines is 1. The van der Waals surface area contributed by atoms with Crippen molar-refractivity contribution in [2.24, 2.45) is 5.92 Å². The average molecular weight is 365 g/mol. The molecule has 0 bridgehead atoms. The Balaban J connectivity index is 1.67. The average Bonchev–Trinajstić information content (AvgIpc) is 3.00. The van der Waals surface area contributed by atoms with Gasteiger partial charge in [-0.2, -0.15) is 0 Å². The van der Waals surface area contributed by atoms with Crippen LogP contribution < -0.4 is 5.32 Å². The maximum absolute atomic E-state index is 12.7. The first-order chi connectivity index (χ1) is 10.6. The predicted octanol–water partition coefficient (Wildman–Crippen LogP) is 5.33. The number of rotatable bonds is 2. The molecule has 1 aliphatic carbocycles. The van der Waals surface area contributed by atoms with Crippen LogP contribution in [0.25, 0.3) is 0 Å². The number of carbonyl (C=O) groups excluding carboxylic acids is 1. The molecule has 1 aromatic rings. The maximum Gasteiger partial charge on any atom is 0.322 e. The van der Waals surface area contributed by atoms with Gasteiger partial charge in [-0.1, -0.05) is 25.3 Å². The van der Waals surface area contributed by atoms with Crippen LogP contribution in [0.5, 0.6) is 0 Å². The van der Waals surface area contributed by atoms with Gasteiger partial charge in [0, 0.05) is 17.1 Å². The van der Waals surface area contributed by atoms with Crippen molar-refractivity contribution in [3.63, 3.8) is 0 Å². The van der Waals surface area contributed by atoms with Crippen LogP contribution in [0.4, 0.5) is 10.5 Å². The highest BCUT2D eigenvalue weighted by Gasteiger charge is 2.35. The van der Waals surface area contributed by atoms with Crippen molar-refractivity contribution in [2.45, 2.75) is 57.9 Å². The summed E-state index contributed by atoms with van der Waals surface area (Å²) >= 11 is 3.54. The topological polar surface area (TPSA) is 32.3 Å². The van der Waals surface area contributed by atoms with Gasteiger partial charge >= 0.3 is 6.03 Å². The van der Waals surface area contributed by atoms with E-state index in [1.165, 1.54) is 44.1 Å². The molecule has 1 heterocycles. The summed E-state index contributed by atoms with van der Waals surface area (Å²) in [6.45, 7) is 2.95. The fourth-order valence-electron chi connectivity index (χ4n) is 3.96. The van der Waals surface area contributed by atoms with Gasteiger partial charge in [0.2, 0.25) is 0 Å². The molecule has 22 heavy (non-hydrogen) atoms. The zero-order valence-electron chi connectivity index (χ0n) is 13.3. The van der Waals surface area contributed by atoms with Gasteiger partial charge in [-0.15, -0.1) is 0 Å². The molecule has 4 heteroatoms. The minimum absolute atomic E-state index is 0.0672. The van der Waals surface area contributed by atoms with Gasteiger partial charge < -0.3 is 10.2 Å². The molecule has 1 atom stereocenters. The minimum atomic E-state index is 0.0672. The Morgan fingerprint density at radius 1 is 1.18 bits per heavy atom. The molecular formula is C18H25BrN2O. The highest BCUT2D eigenvalue weighted by atomic mass is 79.9. The van der Waals surface area contributed by atoms with Crippen LogP contribution in [0, 0.1) is 12.8 Å². The van der Waals surface area contributed by atoms with Gasteiger partial charge in [-0.05, 0) is 72.2 Å². The molecule has 3 rings (SSSR count). The van der Waals surface area contributed by atoms with Crippen molar-refractivity contribution in [1.82, 2.24) is 4.90 Å². The van der Waals surface area contributed by atoms with Crippen molar-refractivity contribution in [1.29, 1.82) is 0 Å². The van der Waals surface area contributed by atoms with E-state index in [1.54, 1.807) is 0 Å². The fraction of sp³-hybridized carbons (Fsp3) is 0.611. The molecule has 2 aliphatic rings. The van der Waals surface area contributed by atoms with E-state index >= 15 is 0 Å². The lowest BCUT2D eigenvalue weighted by atomic mass is 9.83. The predicted molar refractivity (Wildman–Crippen MR) is 94.2 cm³/mol. The highest BCUT2D eigenvalue weighted by molar-refractivity contribution is 9.10. The summed E-state index contributed by atoms with van der Waals surface area (Å²) in [5.74, 6) is 0.712. The zero-order chi connectivity index (χ0) is 15.5. The molecule has 0 spiro atoms. The number of aryl methyl sites for hydroxylation is 1. The maximum atomic E-state index is 12.7. The summed E-state index contributed by atoms with van der Waals surface area (Å²) in [7, 11) is 0. The summed E-state index contributed by atoms with van der Waals surface area (Å²) in [5, 5.41) is 3.09. The molecule has 1 saturated heterocycles. The molecule has 1 aromatic carbocycles. The van der Waals surface area contributed by atoms with Crippen LogP contribution in [-0.2, 0) is 0 Å². The van der Waals surface area contributed by atoms with E-state index in [1.807, 2.05) is 18.2 Å². The van der Waals surface area contributed by atoms with Crippen molar-refractivity contribution in [2.75, 3.05) is 11.9 Å². The standard InChI is InChI=1S/C18H25BrN2O/c1-13-9-10-16(15(19)12-13)20-18(22)21-11-5-8-17(21)14-6-3-2-4-7-14/h9-10,12,14,17H,2-8,11H2,1H3,(H,20,22). The molecule has 120 valence electrons. The van der Waals surface area contributed by atoms with Crippen LogP contribution in [-0.4, -0.2) is 23.5 Å². The van der Waals surface area contributed by atoms with Crippen LogP contribution in [0.15, 0.2) is 22.7 Å². The molecule has 0 radical (unpaired) electrons. The smallest absolute Gasteiger partial charge is 0.321 e. The molecule has 3 nitrogen and oxygen atoms in total. The summed E-state index contributed by atoms with van der Waals surface area (Å²) in [6, 6.07) is 6.56. The summed E-state index contributed by atoms with van der Waals surface area (Å²) in [4.78, 5) is 14.8. The Hall–Kier alpha value is -1.03. The van der Waals surface area contributed by atoms with Crippen molar-refractivity contribution in [3.8, 4) is 0 Å². The van der Waals surface area contributed by atoms with Gasteiger partial charge in [0.1, 0.15) is 0 Å². The van der Waals surface area contributed by atoms with Crippen LogP contribution in [0.2, 0.25) is 0 Å². The van der Waals surface area contributed by atoms with E-state index in [-0.39, 0.29) is 6.03 Å². The number of nitrogens with zero attached hydrogens (tertiary/aromatic N) is 1. The molecule has 2 amide bonds. The summed E-state index contributed by atoms with van der Waals surface area (Å²) in [6.07, 6.45) is 8.94. The Morgan fingerprint density at radius 2 is 1.95 bits per heavy atom. The molecule has 1 unspecified atom stereocenters. The number of nitrogens with one attached hydrogen (secondary N) is 1. The fourth-order valence-corrected chi connectivity index (χ4v) is 4.55. The van der Waals surface area contributed by atoms with Gasteiger partial charge in [0.05, 0.1) is 5.69 Å². The number of halogens is 1. The van der Waals surface area contributed by atoms with Gasteiger partial charge in [0.15, 0.2) is 0 Å². The number of urea groups is 1. The number of likely N-dealkylation sites (tertiary alicyclic amines) is 1. The van der Waals surface area contributed by atoms with Crippen molar-refractivity contribution in [3.05, 3.63) is 28.2 Å². The number of carbonyl (C=O) groups is 1. The lowest BCUT2D eigenvalue weighted by molar-refractivity contribution is 0.166. The molecule has 1 N–H and O–H groups in total. The third-order valence-electron chi connectivity index (χ3n) is 5.12. The van der Waals surface area contributed by atoms with E-state index in [4.69, 9.17) is 0 Å². The first-order valence-electron chi connectivity index (χ1n) is 8.49. The van der Waals surface area contributed by atoms with Crippen molar-refractivity contribution >= 4 is 27.6 Å². The quantitative estimate of drug-likeness (QED) is 0.754. The molecule has 2 fully saturated rings. The minimum Gasteiger partial charge on any atom is -0.321 e. The zero-order valence-corrected chi connectivity index (χ0v) is 14.9. The molecule has 0 aromatic heterocycles. The van der Waals surface area contributed by atoms with E-state index in [0.29, 0.717) is 12.0 Å². The van der Waals surface area contributed by atoms with E-state index < -0.39 is 0 Å². The monoisotopic (exact) mass is 364 g/mol. The summed E-state index contributed by atoms with van der Waals surface area (Å²) in [5.41, 5.74) is 2.05. The number of hydrogen-bond acceptors (Lipinski definition) is 1. The number of hydrogen-bond donors (Lipinski definition) is 1. The number of amides is 2. The normalized spacial score (nSPS) is 22.8. The van der Waals surface area contributed by atoms with E-state index in [0.717, 1.165) is 23.1 Å². The second kappa shape index (κ2) is 7.03. The summed E-state index contributed by atoms with van der Waals surface area (Å²) < 4.78 is 0.953. The Bertz CT molecular complexity index is 540. The highest BCUT2D eigenvalue weighted by Crippen LogP contribution is 2.35. The van der Waals surface area contributed by atoms with Crippen molar-refractivity contribution < 1.29 is 4.79 Å². The number of benzene rings is 1. The lowest BCUT2D eigenvalue weighted by Crippen LogP contribution is -2.43. The van der Waals surface area contributed by atoms with Gasteiger partial charge in [-0.3, -0.25) is 0 Å². The first-order valence-corrected chi connectivity index (χ1v) is 9.28. The lowest BCUT2D eigenvalue weighted by Gasteiger charge is -2.34. The Kier molecular flexibility index (Phi) is 5.07. The Morgan fingerprint density at radius 3 is 2.68 bits per heavy atom. The van der Waals surface area contributed by atoms with Crippen LogP contribution >= 0.6 is 15.9 Å². The van der Waals surface area contributed by atoms with E-state index in [9.17, 15) is 4.79 Å². The third-order valence-corrected chi connectivity index (χ3v) is 5.78. The van der Waals surface area contributed by atoms with E-state index in [2.05, 4.69) is 33.1 Å². The van der Waals surface area contributed by atoms with Crippen LogP contribution in [0.3, 0.4) is 0 Å². The largest absolute Gasteiger partial charge is 0.322 e. The van der Waals surface area contributed by atoms with Gasteiger partial charge in [-0.25, -0.2) is 4.79 Å². The second-order valence-corrected chi connectivity index (χ2v) is 7.57.